The van der Waals surface area contributed by atoms with Crippen LogP contribution in [-0.2, 0) is 22.5 Å². The Bertz CT molecular complexity index is 1280. The van der Waals surface area contributed by atoms with Gasteiger partial charge in [0.05, 0.1) is 25.0 Å². The van der Waals surface area contributed by atoms with E-state index in [2.05, 4.69) is 5.32 Å². The number of anilines is 1. The highest BCUT2D eigenvalue weighted by Gasteiger charge is 2.24. The highest BCUT2D eigenvalue weighted by Crippen LogP contribution is 2.26. The van der Waals surface area contributed by atoms with Gasteiger partial charge in [0.25, 0.3) is 0 Å². The van der Waals surface area contributed by atoms with Gasteiger partial charge >= 0.3 is 5.63 Å². The monoisotopic (exact) mass is 482 g/mol. The molecule has 35 heavy (non-hydrogen) atoms. The summed E-state index contributed by atoms with van der Waals surface area (Å²) in [5.41, 5.74) is 2.47. The van der Waals surface area contributed by atoms with Gasteiger partial charge in [-0.15, -0.1) is 0 Å². The van der Waals surface area contributed by atoms with Crippen molar-refractivity contribution in [3.8, 4) is 5.75 Å². The number of carbonyl (C=O) groups excluding carboxylic acids is 1. The summed E-state index contributed by atoms with van der Waals surface area (Å²) in [6.07, 6.45) is 0.447. The Labute approximate surface area is 203 Å². The number of fused-ring (bicyclic) bond motifs is 1. The van der Waals surface area contributed by atoms with Crippen LogP contribution in [0.2, 0.25) is 0 Å². The van der Waals surface area contributed by atoms with Crippen molar-refractivity contribution in [2.75, 3.05) is 25.1 Å². The fourth-order valence-corrected chi connectivity index (χ4v) is 4.61. The summed E-state index contributed by atoms with van der Waals surface area (Å²) >= 11 is 0. The molecule has 2 unspecified atom stereocenters. The first kappa shape index (κ1) is 24.7. The molecule has 1 N–H and O–H groups in total. The van der Waals surface area contributed by atoms with Gasteiger partial charge in [-0.1, -0.05) is 6.07 Å². The smallest absolute Gasteiger partial charge is 0.339 e. The van der Waals surface area contributed by atoms with Crippen molar-refractivity contribution in [2.24, 2.45) is 0 Å². The average molecular weight is 483 g/mol. The number of rotatable bonds is 7. The maximum atomic E-state index is 14.8. The fraction of sp³-hybridized carbons (Fsp3) is 0.407. The number of morpholine rings is 1. The summed E-state index contributed by atoms with van der Waals surface area (Å²) in [6, 6.07) is 10.3. The Morgan fingerprint density at radius 2 is 1.91 bits per heavy atom. The van der Waals surface area contributed by atoms with Crippen LogP contribution in [0.4, 0.5) is 10.1 Å². The van der Waals surface area contributed by atoms with Crippen LogP contribution in [0, 0.1) is 12.7 Å². The lowest BCUT2D eigenvalue weighted by Gasteiger charge is -2.37. The molecule has 4 rings (SSSR count). The van der Waals surface area contributed by atoms with Gasteiger partial charge < -0.3 is 24.1 Å². The number of benzene rings is 2. The highest BCUT2D eigenvalue weighted by atomic mass is 19.1. The number of hydrogen-bond donors (Lipinski definition) is 1. The third-order valence-electron chi connectivity index (χ3n) is 6.36. The number of nitrogens with zero attached hydrogens (tertiary/aromatic N) is 1. The molecule has 2 aromatic carbocycles. The Balaban J connectivity index is 1.36. The van der Waals surface area contributed by atoms with E-state index >= 15 is 0 Å². The van der Waals surface area contributed by atoms with Crippen LogP contribution in [0.25, 0.3) is 11.0 Å². The van der Waals surface area contributed by atoms with Crippen LogP contribution in [0.15, 0.2) is 45.6 Å². The number of carbonyl (C=O) groups is 1. The number of ether oxygens (including phenoxy) is 2. The summed E-state index contributed by atoms with van der Waals surface area (Å²) in [7, 11) is 1.55. The zero-order chi connectivity index (χ0) is 25.1. The maximum absolute atomic E-state index is 14.8. The van der Waals surface area contributed by atoms with Gasteiger partial charge in [0.1, 0.15) is 17.1 Å². The molecular weight excluding hydrogens is 451 g/mol. The quantitative estimate of drug-likeness (QED) is 0.511. The van der Waals surface area contributed by atoms with Crippen LogP contribution in [0.5, 0.6) is 5.75 Å². The second kappa shape index (κ2) is 10.5. The van der Waals surface area contributed by atoms with Gasteiger partial charge in [-0.25, -0.2) is 9.18 Å². The van der Waals surface area contributed by atoms with Crippen LogP contribution < -0.4 is 20.6 Å². The summed E-state index contributed by atoms with van der Waals surface area (Å²) in [5.74, 6) is 0.0590. The molecule has 1 aromatic heterocycles. The predicted molar refractivity (Wildman–Crippen MR) is 133 cm³/mol. The first-order chi connectivity index (χ1) is 16.7. The first-order valence-electron chi connectivity index (χ1n) is 11.8. The molecule has 1 aliphatic heterocycles. The van der Waals surface area contributed by atoms with Crippen LogP contribution >= 0.6 is 0 Å². The van der Waals surface area contributed by atoms with Gasteiger partial charge in [-0.05, 0) is 62.6 Å². The van der Waals surface area contributed by atoms with Crippen molar-refractivity contribution in [1.29, 1.82) is 0 Å². The molecule has 2 atom stereocenters. The van der Waals surface area contributed by atoms with Crippen molar-refractivity contribution < 1.29 is 23.1 Å². The molecule has 8 heteroatoms. The lowest BCUT2D eigenvalue weighted by atomic mass is 10.0. The highest BCUT2D eigenvalue weighted by molar-refractivity contribution is 5.82. The van der Waals surface area contributed by atoms with E-state index in [0.29, 0.717) is 41.2 Å². The van der Waals surface area contributed by atoms with Gasteiger partial charge in [-0.2, -0.15) is 0 Å². The number of methoxy groups -OCH3 is 1. The summed E-state index contributed by atoms with van der Waals surface area (Å²) in [6.45, 7) is 7.27. The van der Waals surface area contributed by atoms with Gasteiger partial charge in [-0.3, -0.25) is 4.79 Å². The topological polar surface area (TPSA) is 81.0 Å². The van der Waals surface area contributed by atoms with Gasteiger partial charge in [0.15, 0.2) is 0 Å². The molecule has 1 saturated heterocycles. The normalized spacial score (nSPS) is 18.0. The van der Waals surface area contributed by atoms with E-state index in [4.69, 9.17) is 13.9 Å². The minimum Gasteiger partial charge on any atom is -0.497 e. The maximum Gasteiger partial charge on any atom is 0.339 e. The van der Waals surface area contributed by atoms with Gasteiger partial charge in [0.2, 0.25) is 5.91 Å². The fourth-order valence-electron chi connectivity index (χ4n) is 4.61. The number of halogens is 1. The second-order valence-electron chi connectivity index (χ2n) is 9.08. The number of aryl methyl sites for hydroxylation is 1. The number of hydrogen-bond acceptors (Lipinski definition) is 6. The summed E-state index contributed by atoms with van der Waals surface area (Å²) in [5, 5.41) is 3.62. The molecule has 0 aliphatic carbocycles. The van der Waals surface area contributed by atoms with Crippen molar-refractivity contribution in [2.45, 2.75) is 52.4 Å². The summed E-state index contributed by atoms with van der Waals surface area (Å²) in [4.78, 5) is 26.9. The molecule has 0 spiro atoms. The minimum atomic E-state index is -0.458. The number of nitrogens with one attached hydrogen (secondary N) is 1. The van der Waals surface area contributed by atoms with E-state index in [9.17, 15) is 14.0 Å². The zero-order valence-corrected chi connectivity index (χ0v) is 20.5. The Hall–Kier alpha value is -3.39. The zero-order valence-electron chi connectivity index (χ0n) is 20.5. The molecule has 3 aromatic rings. The van der Waals surface area contributed by atoms with E-state index in [1.165, 1.54) is 6.07 Å². The van der Waals surface area contributed by atoms with Crippen LogP contribution in [0.3, 0.4) is 0 Å². The van der Waals surface area contributed by atoms with Crippen molar-refractivity contribution >= 4 is 22.6 Å². The second-order valence-corrected chi connectivity index (χ2v) is 9.08. The SMILES string of the molecule is COc1ccc2c(C)c(CCC(=O)NCc3ccc(N4CC(C)OC(C)C4)c(F)c3)c(=O)oc2c1. The standard InChI is InChI=1S/C27H31FN2O5/c1-16-14-30(15-17(2)34-16)24-9-5-19(11-23(24)28)13-29-26(31)10-8-22-18(3)21-7-6-20(33-4)12-25(21)35-27(22)32/h5-7,9,11-12,16-17H,8,10,13-15H2,1-4H3,(H,29,31). The molecule has 0 saturated carbocycles. The van der Waals surface area contributed by atoms with Gasteiger partial charge in [0, 0.05) is 43.1 Å². The largest absolute Gasteiger partial charge is 0.497 e. The van der Waals surface area contributed by atoms with E-state index < -0.39 is 5.63 Å². The Morgan fingerprint density at radius 3 is 2.60 bits per heavy atom. The molecule has 1 fully saturated rings. The summed E-state index contributed by atoms with van der Waals surface area (Å²) < 4.78 is 31.1. The minimum absolute atomic E-state index is 0.0358. The van der Waals surface area contributed by atoms with Crippen molar-refractivity contribution in [3.05, 3.63) is 69.3 Å². The molecule has 1 amide bonds. The molecule has 2 heterocycles. The molecule has 7 nitrogen and oxygen atoms in total. The predicted octanol–water partition coefficient (Wildman–Crippen LogP) is 4.11. The molecule has 0 bridgehead atoms. The third kappa shape index (κ3) is 5.65. The Kier molecular flexibility index (Phi) is 7.40. The third-order valence-corrected chi connectivity index (χ3v) is 6.36. The van der Waals surface area contributed by atoms with Crippen molar-refractivity contribution in [1.82, 2.24) is 5.32 Å². The first-order valence-corrected chi connectivity index (χ1v) is 11.8. The lowest BCUT2D eigenvalue weighted by Crippen LogP contribution is -2.45. The van der Waals surface area contributed by atoms with E-state index in [0.717, 1.165) is 10.9 Å². The molecule has 1 aliphatic rings. The Morgan fingerprint density at radius 1 is 1.17 bits per heavy atom. The van der Waals surface area contributed by atoms with E-state index in [1.807, 2.05) is 37.8 Å². The molecule has 186 valence electrons. The van der Waals surface area contributed by atoms with E-state index in [1.54, 1.807) is 25.3 Å². The van der Waals surface area contributed by atoms with E-state index in [-0.39, 0.29) is 43.3 Å². The van der Waals surface area contributed by atoms with Crippen molar-refractivity contribution in [3.63, 3.8) is 0 Å². The molecule has 0 radical (unpaired) electrons. The average Bonchev–Trinajstić information content (AvgIpc) is 2.81. The van der Waals surface area contributed by atoms with Crippen LogP contribution in [-0.4, -0.2) is 38.3 Å². The van der Waals surface area contributed by atoms with Crippen LogP contribution in [0.1, 0.15) is 37.0 Å². The molecular formula is C27H31FN2O5. The number of amides is 1. The lowest BCUT2D eigenvalue weighted by molar-refractivity contribution is -0.121.